The first-order chi connectivity index (χ1) is 32.7. The molecule has 1 heterocycles. The van der Waals surface area contributed by atoms with Gasteiger partial charge in [0.25, 0.3) is 0 Å². The summed E-state index contributed by atoms with van der Waals surface area (Å²) in [5.74, 6) is 0. The van der Waals surface area contributed by atoms with Crippen LogP contribution in [0, 0.1) is 0 Å². The molecule has 0 N–H and O–H groups in total. The maximum absolute atomic E-state index is 9.46. The molecule has 365 valence electrons. The third-order valence-corrected chi connectivity index (χ3v) is 39.6. The Labute approximate surface area is 433 Å². The van der Waals surface area contributed by atoms with Crippen LogP contribution in [0.15, 0.2) is 114 Å². The van der Waals surface area contributed by atoms with Crippen molar-refractivity contribution in [1.82, 2.24) is 0 Å². The van der Waals surface area contributed by atoms with Crippen LogP contribution < -0.4 is 13.6 Å². The molecule has 0 radical (unpaired) electrons. The van der Waals surface area contributed by atoms with Crippen LogP contribution in [0.4, 0.5) is 0 Å². The summed E-state index contributed by atoms with van der Waals surface area (Å²) in [6, 6.07) is 40.9. The van der Waals surface area contributed by atoms with Gasteiger partial charge in [-0.25, -0.2) is 0 Å². The van der Waals surface area contributed by atoms with Crippen molar-refractivity contribution in [3.05, 3.63) is 170 Å². The molecule has 2 unspecified atom stereocenters. The van der Waals surface area contributed by atoms with E-state index >= 15 is 0 Å². The monoisotopic (exact) mass is 1060 g/mol. The van der Waals surface area contributed by atoms with Crippen molar-refractivity contribution in [3.63, 3.8) is 0 Å². The van der Waals surface area contributed by atoms with Crippen LogP contribution in [0.5, 0.6) is 0 Å². The number of rotatable bonds is 9. The fraction of sp³-hybridized carbons (Fsp3) is 0.394. The molecule has 70 heavy (non-hydrogen) atoms. The van der Waals surface area contributed by atoms with E-state index in [2.05, 4.69) is 226 Å². The van der Waals surface area contributed by atoms with Gasteiger partial charge < -0.3 is 0 Å². The summed E-state index contributed by atoms with van der Waals surface area (Å²) in [6.45, 7) is 37.6. The van der Waals surface area contributed by atoms with E-state index in [1.807, 2.05) is 0 Å². The third-order valence-electron chi connectivity index (χ3n) is 16.4. The first-order valence-electron chi connectivity index (χ1n) is 26.4. The molecule has 3 aliphatic rings. The Balaban J connectivity index is 1.36. The van der Waals surface area contributed by atoms with Gasteiger partial charge in [-0.05, 0) is 0 Å². The number of aryl methyl sites for hydroxylation is 2. The number of halogens is 2. The quantitative estimate of drug-likeness (QED) is 0.126. The Bertz CT molecular complexity index is 2920. The molecule has 0 fully saturated rings. The van der Waals surface area contributed by atoms with E-state index in [9.17, 15) is 17.0 Å². The molecule has 1 aliphatic heterocycles. The molecule has 0 amide bonds. The fourth-order valence-electron chi connectivity index (χ4n) is 12.7. The summed E-state index contributed by atoms with van der Waals surface area (Å²) in [7, 11) is 18.0. The molecule has 0 saturated heterocycles. The average molecular weight is 1060 g/mol. The Hall–Kier alpha value is -3.52. The molecular weight excluding hydrogens is 983 g/mol. The second-order valence-corrected chi connectivity index (χ2v) is 48.2. The van der Waals surface area contributed by atoms with Crippen molar-refractivity contribution in [1.29, 1.82) is 0 Å². The first kappa shape index (κ1) is 51.4. The predicted molar refractivity (Wildman–Crippen MR) is 310 cm³/mol. The Morgan fingerprint density at radius 1 is 0.486 bits per heavy atom. The van der Waals surface area contributed by atoms with Gasteiger partial charge in [0.1, 0.15) is 0 Å². The number of hydrogen-bond donors (Lipinski definition) is 0. The summed E-state index contributed by atoms with van der Waals surface area (Å²) in [6.07, 6.45) is 9.21. The molecule has 0 nitrogen and oxygen atoms in total. The van der Waals surface area contributed by atoms with Crippen molar-refractivity contribution in [3.8, 4) is 33.4 Å². The molecular formula is C66H79Cl2SiZr. The van der Waals surface area contributed by atoms with Gasteiger partial charge in [0, 0.05) is 0 Å². The zero-order chi connectivity index (χ0) is 50.7. The molecule has 2 aliphatic carbocycles. The standard InChI is InChI=1S/2C27H35.C12H9Si.2ClH.Zr/c2*1-9-10-19-11-12-20-13-18(2)14-24(20)25(19)21-15-22(26(3,4)5)17-23(16-21)27(6,7)8;1-3-7-11-9(5-1)10-6-2-4-8-12(10)13-11;;;/h2*11-17H,9-10H2,1-8H3;1-7H,13H2;2*1H;/q;;;;;+2/p-2. The van der Waals surface area contributed by atoms with E-state index in [1.54, 1.807) is 0 Å². The SMILES string of the molecule is CCCc1ccc2c(c1-c1cc(C(C)(C)C)cc(C(C)(C)C)c1)C=C(C)[CH]2[Zr]([Cl])([Cl])([c]1cccc2c1[SiH2]c1ccccc1-2)[CH]1C(C)=Cc2c1ccc(CCC)c2-c1cc(C(C)(C)C)cc(C(C)(C)C)c1. The van der Waals surface area contributed by atoms with Gasteiger partial charge >= 0.3 is 437 Å². The van der Waals surface area contributed by atoms with Gasteiger partial charge in [0.05, 0.1) is 0 Å². The van der Waals surface area contributed by atoms with Crippen molar-refractivity contribution in [2.75, 3.05) is 0 Å². The second-order valence-electron chi connectivity index (χ2n) is 25.8. The van der Waals surface area contributed by atoms with Gasteiger partial charge in [-0.3, -0.25) is 0 Å². The van der Waals surface area contributed by atoms with Crippen molar-refractivity contribution in [2.24, 2.45) is 0 Å². The average Bonchev–Trinajstić information content (AvgIpc) is 3.95. The molecule has 6 aromatic carbocycles. The number of benzene rings is 6. The third kappa shape index (κ3) is 8.63. The Morgan fingerprint density at radius 3 is 1.29 bits per heavy atom. The predicted octanol–water partition coefficient (Wildman–Crippen LogP) is 17.2. The Morgan fingerprint density at radius 2 is 0.886 bits per heavy atom. The summed E-state index contributed by atoms with van der Waals surface area (Å²) in [5, 5.41) is 2.96. The van der Waals surface area contributed by atoms with E-state index in [1.165, 1.54) is 114 Å². The molecule has 0 bridgehead atoms. The van der Waals surface area contributed by atoms with Gasteiger partial charge in [0.2, 0.25) is 0 Å². The van der Waals surface area contributed by atoms with Crippen LogP contribution in [0.25, 0.3) is 45.5 Å². The van der Waals surface area contributed by atoms with Crippen LogP contribution in [-0.2, 0) is 50.9 Å². The number of hydrogen-bond acceptors (Lipinski definition) is 0. The van der Waals surface area contributed by atoms with E-state index in [-0.39, 0.29) is 28.9 Å². The normalized spacial score (nSPS) is 17.7. The zero-order valence-corrected chi connectivity index (χ0v) is 50.8. The van der Waals surface area contributed by atoms with E-state index < -0.39 is 25.9 Å². The summed E-state index contributed by atoms with van der Waals surface area (Å²) < 4.78 is 1.01. The topological polar surface area (TPSA) is 0 Å². The minimum atomic E-state index is -5.71. The van der Waals surface area contributed by atoms with Gasteiger partial charge in [-0.1, -0.05) is 0 Å². The van der Waals surface area contributed by atoms with Gasteiger partial charge in [0.15, 0.2) is 0 Å². The van der Waals surface area contributed by atoms with Crippen LogP contribution in [0.3, 0.4) is 0 Å². The summed E-state index contributed by atoms with van der Waals surface area (Å²) >= 11 is -5.71. The summed E-state index contributed by atoms with van der Waals surface area (Å²) in [5.41, 5.74) is 24.2. The second kappa shape index (κ2) is 17.9. The van der Waals surface area contributed by atoms with E-state index in [0.717, 1.165) is 25.7 Å². The van der Waals surface area contributed by atoms with E-state index in [0.29, 0.717) is 0 Å². The number of allylic oxidation sites excluding steroid dienone is 2. The zero-order valence-electron chi connectivity index (χ0n) is 45.4. The molecule has 9 rings (SSSR count). The molecule has 6 aromatic rings. The Kier molecular flexibility index (Phi) is 13.1. The molecule has 0 saturated carbocycles. The van der Waals surface area contributed by atoms with Crippen molar-refractivity contribution < 1.29 is 16.4 Å². The molecule has 2 atom stereocenters. The molecule has 4 heteroatoms. The van der Waals surface area contributed by atoms with Crippen LogP contribution in [-0.4, -0.2) is 9.52 Å². The van der Waals surface area contributed by atoms with Crippen LogP contribution in [0.2, 0.25) is 0 Å². The minimum absolute atomic E-state index is 0.0117. The number of fused-ring (bicyclic) bond motifs is 5. The van der Waals surface area contributed by atoms with E-state index in [4.69, 9.17) is 0 Å². The van der Waals surface area contributed by atoms with Gasteiger partial charge in [-0.15, -0.1) is 0 Å². The van der Waals surface area contributed by atoms with Crippen molar-refractivity contribution in [2.45, 2.75) is 165 Å². The maximum atomic E-state index is 9.46. The van der Waals surface area contributed by atoms with Gasteiger partial charge in [-0.2, -0.15) is 0 Å². The van der Waals surface area contributed by atoms with Crippen LogP contribution >= 0.6 is 17.0 Å². The van der Waals surface area contributed by atoms with Crippen LogP contribution in [0.1, 0.15) is 187 Å². The summed E-state index contributed by atoms with van der Waals surface area (Å²) in [4.78, 5) is 0. The first-order valence-corrected chi connectivity index (χ1v) is 38.3. The molecule has 0 aromatic heterocycles. The fourth-order valence-corrected chi connectivity index (χ4v) is 41.5. The van der Waals surface area contributed by atoms with Crippen molar-refractivity contribution >= 4 is 52.3 Å². The molecule has 0 spiro atoms.